The van der Waals surface area contributed by atoms with Crippen LogP contribution in [0, 0.1) is 6.92 Å². The zero-order valence-corrected chi connectivity index (χ0v) is 17.7. The van der Waals surface area contributed by atoms with Gasteiger partial charge in [0.2, 0.25) is 10.0 Å². The molecule has 7 heteroatoms. The smallest absolute Gasteiger partial charge is 0.410 e. The molecule has 0 unspecified atom stereocenters. The summed E-state index contributed by atoms with van der Waals surface area (Å²) in [6, 6.07) is 22.9. The van der Waals surface area contributed by atoms with E-state index < -0.39 is 16.1 Å². The number of hydrogen-bond acceptors (Lipinski definition) is 4. The Morgan fingerprint density at radius 2 is 1.57 bits per heavy atom. The van der Waals surface area contributed by atoms with Crippen molar-refractivity contribution in [3.8, 4) is 5.75 Å². The van der Waals surface area contributed by atoms with Crippen LogP contribution in [0.15, 0.2) is 83.8 Å². The molecule has 0 saturated carbocycles. The molecule has 156 valence electrons. The van der Waals surface area contributed by atoms with Crippen LogP contribution in [-0.4, -0.2) is 28.1 Å². The number of ether oxygens (including phenoxy) is 1. The van der Waals surface area contributed by atoms with Crippen molar-refractivity contribution in [3.05, 3.63) is 90.0 Å². The first-order chi connectivity index (χ1) is 14.3. The molecule has 1 N–H and O–H groups in total. The molecule has 6 nitrogen and oxygen atoms in total. The van der Waals surface area contributed by atoms with E-state index in [1.807, 2.05) is 49.4 Å². The van der Waals surface area contributed by atoms with Crippen molar-refractivity contribution >= 4 is 21.8 Å². The number of aryl methyl sites for hydroxylation is 1. The number of nitrogens with zero attached hydrogens (tertiary/aromatic N) is 1. The zero-order chi connectivity index (χ0) is 21.6. The number of benzene rings is 3. The standard InChI is InChI=1S/C23H24N2O4S/c1-18-8-14-22(15-9-18)30(27,28)24-17-16-19-10-12-21(13-11-19)29-23(26)25(2)20-6-4-3-5-7-20/h3-15,24H,16-17H2,1-2H3. The molecule has 0 saturated heterocycles. The lowest BCUT2D eigenvalue weighted by Crippen LogP contribution is -2.29. The highest BCUT2D eigenvalue weighted by molar-refractivity contribution is 7.89. The fourth-order valence-electron chi connectivity index (χ4n) is 2.78. The fourth-order valence-corrected chi connectivity index (χ4v) is 3.81. The monoisotopic (exact) mass is 424 g/mol. The number of sulfonamides is 1. The number of nitrogens with one attached hydrogen (secondary N) is 1. The first-order valence-corrected chi connectivity index (χ1v) is 11.0. The van der Waals surface area contributed by atoms with Gasteiger partial charge in [-0.15, -0.1) is 0 Å². The van der Waals surface area contributed by atoms with Crippen molar-refractivity contribution in [1.29, 1.82) is 0 Å². The van der Waals surface area contributed by atoms with E-state index in [-0.39, 0.29) is 11.4 Å². The van der Waals surface area contributed by atoms with Crippen LogP contribution in [-0.2, 0) is 16.4 Å². The Morgan fingerprint density at radius 1 is 0.933 bits per heavy atom. The van der Waals surface area contributed by atoms with E-state index in [9.17, 15) is 13.2 Å². The Labute approximate surface area is 177 Å². The Bertz CT molecular complexity index is 1080. The first kappa shape index (κ1) is 21.5. The molecule has 0 heterocycles. The van der Waals surface area contributed by atoms with Gasteiger partial charge >= 0.3 is 6.09 Å². The molecular weight excluding hydrogens is 400 g/mol. The summed E-state index contributed by atoms with van der Waals surface area (Å²) < 4.78 is 32.6. The lowest BCUT2D eigenvalue weighted by Gasteiger charge is -2.16. The Balaban J connectivity index is 1.52. The number of carbonyl (C=O) groups is 1. The molecule has 0 aliphatic rings. The Kier molecular flexibility index (Phi) is 6.87. The van der Waals surface area contributed by atoms with Crippen LogP contribution >= 0.6 is 0 Å². The second-order valence-electron chi connectivity index (χ2n) is 6.87. The van der Waals surface area contributed by atoms with Crippen molar-refractivity contribution in [2.45, 2.75) is 18.2 Å². The van der Waals surface area contributed by atoms with Gasteiger partial charge in [-0.3, -0.25) is 4.90 Å². The van der Waals surface area contributed by atoms with Crippen LogP contribution in [0.5, 0.6) is 5.75 Å². The molecule has 0 aromatic heterocycles. The third-order valence-electron chi connectivity index (χ3n) is 4.58. The van der Waals surface area contributed by atoms with Crippen molar-refractivity contribution in [1.82, 2.24) is 4.72 Å². The quantitative estimate of drug-likeness (QED) is 0.618. The average Bonchev–Trinajstić information content (AvgIpc) is 2.75. The highest BCUT2D eigenvalue weighted by Gasteiger charge is 2.14. The number of rotatable bonds is 7. The molecule has 30 heavy (non-hydrogen) atoms. The molecule has 0 spiro atoms. The Morgan fingerprint density at radius 3 is 2.20 bits per heavy atom. The van der Waals surface area contributed by atoms with Crippen LogP contribution in [0.4, 0.5) is 10.5 Å². The van der Waals surface area contributed by atoms with Crippen LogP contribution in [0.1, 0.15) is 11.1 Å². The molecule has 0 aliphatic heterocycles. The van der Waals surface area contributed by atoms with Crippen molar-refractivity contribution in [2.24, 2.45) is 0 Å². The first-order valence-electron chi connectivity index (χ1n) is 9.51. The van der Waals surface area contributed by atoms with E-state index in [4.69, 9.17) is 4.74 Å². The molecule has 3 aromatic rings. The summed E-state index contributed by atoms with van der Waals surface area (Å²) in [6.45, 7) is 2.18. The highest BCUT2D eigenvalue weighted by atomic mass is 32.2. The molecule has 0 aliphatic carbocycles. The molecule has 3 rings (SSSR count). The summed E-state index contributed by atoms with van der Waals surface area (Å²) in [4.78, 5) is 13.9. The molecular formula is C23H24N2O4S. The van der Waals surface area contributed by atoms with Gasteiger partial charge in [0, 0.05) is 19.3 Å². The maximum Gasteiger partial charge on any atom is 0.419 e. The van der Waals surface area contributed by atoms with E-state index in [1.54, 1.807) is 43.4 Å². The minimum atomic E-state index is -3.53. The summed E-state index contributed by atoms with van der Waals surface area (Å²) in [5.41, 5.74) is 2.67. The van der Waals surface area contributed by atoms with Crippen LogP contribution in [0.3, 0.4) is 0 Å². The van der Waals surface area contributed by atoms with Gasteiger partial charge in [-0.2, -0.15) is 0 Å². The second kappa shape index (κ2) is 9.56. The topological polar surface area (TPSA) is 75.7 Å². The van der Waals surface area contributed by atoms with E-state index in [1.165, 1.54) is 4.90 Å². The minimum absolute atomic E-state index is 0.248. The number of amides is 1. The third-order valence-corrected chi connectivity index (χ3v) is 6.06. The largest absolute Gasteiger partial charge is 0.419 e. The SMILES string of the molecule is Cc1ccc(S(=O)(=O)NCCc2ccc(OC(=O)N(C)c3ccccc3)cc2)cc1. The van der Waals surface area contributed by atoms with Gasteiger partial charge in [0.25, 0.3) is 0 Å². The number of carbonyl (C=O) groups excluding carboxylic acids is 1. The summed E-state index contributed by atoms with van der Waals surface area (Å²) >= 11 is 0. The molecule has 0 atom stereocenters. The van der Waals surface area contributed by atoms with Gasteiger partial charge in [-0.1, -0.05) is 48.0 Å². The maximum atomic E-state index is 12.3. The van der Waals surface area contributed by atoms with Crippen LogP contribution in [0.25, 0.3) is 0 Å². The van der Waals surface area contributed by atoms with Gasteiger partial charge in [0.15, 0.2) is 0 Å². The van der Waals surface area contributed by atoms with Gasteiger partial charge in [0.1, 0.15) is 5.75 Å². The van der Waals surface area contributed by atoms with Crippen molar-refractivity contribution < 1.29 is 17.9 Å². The lowest BCUT2D eigenvalue weighted by atomic mass is 10.1. The van der Waals surface area contributed by atoms with Gasteiger partial charge in [-0.05, 0) is 55.3 Å². The van der Waals surface area contributed by atoms with E-state index in [2.05, 4.69) is 4.72 Å². The summed E-state index contributed by atoms with van der Waals surface area (Å²) in [7, 11) is -1.89. The number of anilines is 1. The molecule has 0 radical (unpaired) electrons. The van der Waals surface area contributed by atoms with Gasteiger partial charge in [0.05, 0.1) is 4.90 Å². The van der Waals surface area contributed by atoms with Crippen LogP contribution in [0.2, 0.25) is 0 Å². The average molecular weight is 425 g/mol. The van der Waals surface area contributed by atoms with Gasteiger partial charge < -0.3 is 4.74 Å². The van der Waals surface area contributed by atoms with Crippen molar-refractivity contribution in [2.75, 3.05) is 18.5 Å². The van der Waals surface area contributed by atoms with Crippen molar-refractivity contribution in [3.63, 3.8) is 0 Å². The normalized spacial score (nSPS) is 11.1. The summed E-state index contributed by atoms with van der Waals surface area (Å²) in [5, 5.41) is 0. The summed E-state index contributed by atoms with van der Waals surface area (Å²) in [5.74, 6) is 0.423. The predicted octanol–water partition coefficient (Wildman–Crippen LogP) is 4.15. The molecule has 3 aromatic carbocycles. The van der Waals surface area contributed by atoms with Crippen LogP contribution < -0.4 is 14.4 Å². The fraction of sp³-hybridized carbons (Fsp3) is 0.174. The maximum absolute atomic E-state index is 12.3. The third kappa shape index (κ3) is 5.68. The minimum Gasteiger partial charge on any atom is -0.410 e. The molecule has 1 amide bonds. The lowest BCUT2D eigenvalue weighted by molar-refractivity contribution is 0.209. The van der Waals surface area contributed by atoms with Gasteiger partial charge in [-0.25, -0.2) is 17.9 Å². The summed E-state index contributed by atoms with van der Waals surface area (Å²) in [6.07, 6.45) is 0.0308. The van der Waals surface area contributed by atoms with E-state index in [0.29, 0.717) is 12.2 Å². The number of hydrogen-bond donors (Lipinski definition) is 1. The highest BCUT2D eigenvalue weighted by Crippen LogP contribution is 2.17. The zero-order valence-electron chi connectivity index (χ0n) is 16.9. The van der Waals surface area contributed by atoms with E-state index >= 15 is 0 Å². The van der Waals surface area contributed by atoms with E-state index in [0.717, 1.165) is 16.8 Å². The second-order valence-corrected chi connectivity index (χ2v) is 8.63. The molecule has 0 bridgehead atoms. The molecule has 0 fully saturated rings. The predicted molar refractivity (Wildman–Crippen MR) is 117 cm³/mol. The Hall–Kier alpha value is -3.16. The number of para-hydroxylation sites is 1.